The summed E-state index contributed by atoms with van der Waals surface area (Å²) in [6.45, 7) is 2.27. The van der Waals surface area contributed by atoms with Gasteiger partial charge in [0.25, 0.3) is 0 Å². The predicted octanol–water partition coefficient (Wildman–Crippen LogP) is 3.36. The second kappa shape index (κ2) is 6.71. The molecule has 0 bridgehead atoms. The molecule has 0 fully saturated rings. The van der Waals surface area contributed by atoms with Crippen LogP contribution < -0.4 is 4.74 Å². The summed E-state index contributed by atoms with van der Waals surface area (Å²) in [5, 5.41) is 16.0. The third-order valence-corrected chi connectivity index (χ3v) is 3.79. The fourth-order valence-corrected chi connectivity index (χ4v) is 2.29. The molecule has 1 aromatic carbocycles. The van der Waals surface area contributed by atoms with Crippen LogP contribution in [0.1, 0.15) is 23.9 Å². The number of nitro benzene ring substituents is 1. The Kier molecular flexibility index (Phi) is 4.95. The molecule has 0 saturated heterocycles. The number of benzene rings is 1. The molecule has 0 aliphatic rings. The molecule has 6 nitrogen and oxygen atoms in total. The van der Waals surface area contributed by atoms with E-state index in [1.54, 1.807) is 16.8 Å². The van der Waals surface area contributed by atoms with Gasteiger partial charge >= 0.3 is 5.69 Å². The summed E-state index contributed by atoms with van der Waals surface area (Å²) in [5.74, 6) is 0.268. The lowest BCUT2D eigenvalue weighted by Crippen LogP contribution is -2.04. The molecule has 0 aliphatic heterocycles. The van der Waals surface area contributed by atoms with E-state index in [9.17, 15) is 10.1 Å². The first-order valence-corrected chi connectivity index (χ1v) is 7.65. The van der Waals surface area contributed by atoms with Crippen LogP contribution in [0.3, 0.4) is 0 Å². The Balaban J connectivity index is 2.19. The lowest BCUT2D eigenvalue weighted by Gasteiger charge is -2.07. The third-order valence-electron chi connectivity index (χ3n) is 3.14. The average molecular weight is 354 g/mol. The lowest BCUT2D eigenvalue weighted by molar-refractivity contribution is -0.386. The van der Waals surface area contributed by atoms with E-state index in [0.29, 0.717) is 5.33 Å². The largest absolute Gasteiger partial charge is 0.480 e. The van der Waals surface area contributed by atoms with Gasteiger partial charge in [0.05, 0.1) is 16.3 Å². The number of aryl methyl sites for hydroxylation is 2. The fourth-order valence-electron chi connectivity index (χ4n) is 1.94. The number of hydrogen-bond donors (Lipinski definition) is 0. The highest BCUT2D eigenvalue weighted by molar-refractivity contribution is 9.08. The highest BCUT2D eigenvalue weighted by atomic mass is 79.9. The normalized spacial score (nSPS) is 10.6. The summed E-state index contributed by atoms with van der Waals surface area (Å²) >= 11 is 3.29. The van der Waals surface area contributed by atoms with Gasteiger partial charge in [-0.05, 0) is 24.1 Å². The van der Waals surface area contributed by atoms with Gasteiger partial charge in [0.2, 0.25) is 0 Å². The quantitative estimate of drug-likeness (QED) is 0.453. The topological polar surface area (TPSA) is 70.2 Å². The third kappa shape index (κ3) is 3.60. The van der Waals surface area contributed by atoms with Gasteiger partial charge in [0, 0.05) is 18.4 Å². The molecule has 0 atom stereocenters. The molecule has 0 spiro atoms. The smallest absolute Gasteiger partial charge is 0.311 e. The van der Waals surface area contributed by atoms with Crippen LogP contribution in [0.15, 0.2) is 24.3 Å². The van der Waals surface area contributed by atoms with E-state index in [1.807, 2.05) is 20.0 Å². The van der Waals surface area contributed by atoms with Crippen LogP contribution in [0.5, 0.6) is 5.75 Å². The zero-order valence-corrected chi connectivity index (χ0v) is 13.5. The number of nitro groups is 1. The monoisotopic (exact) mass is 353 g/mol. The summed E-state index contributed by atoms with van der Waals surface area (Å²) in [6, 6.07) is 6.90. The maximum absolute atomic E-state index is 11.1. The van der Waals surface area contributed by atoms with Gasteiger partial charge in [-0.25, -0.2) is 0 Å². The van der Waals surface area contributed by atoms with Crippen molar-refractivity contribution >= 4 is 21.6 Å². The number of aromatic nitrogens is 2. The van der Waals surface area contributed by atoms with Crippen molar-refractivity contribution in [3.63, 3.8) is 0 Å². The van der Waals surface area contributed by atoms with Crippen molar-refractivity contribution in [1.82, 2.24) is 9.78 Å². The van der Waals surface area contributed by atoms with Crippen LogP contribution in [-0.4, -0.2) is 14.7 Å². The van der Waals surface area contributed by atoms with Gasteiger partial charge in [-0.2, -0.15) is 5.10 Å². The van der Waals surface area contributed by atoms with E-state index >= 15 is 0 Å². The van der Waals surface area contributed by atoms with Crippen molar-refractivity contribution < 1.29 is 9.66 Å². The van der Waals surface area contributed by atoms with Crippen LogP contribution in [0.4, 0.5) is 5.69 Å². The first-order valence-electron chi connectivity index (χ1n) is 6.53. The maximum Gasteiger partial charge on any atom is 0.311 e. The summed E-state index contributed by atoms with van der Waals surface area (Å²) in [5.41, 5.74) is 2.67. The molecule has 0 radical (unpaired) electrons. The molecular formula is C14H16BrN3O3. The highest BCUT2D eigenvalue weighted by Gasteiger charge is 2.16. The molecule has 1 aromatic heterocycles. The molecule has 2 rings (SSSR count). The second-order valence-electron chi connectivity index (χ2n) is 4.59. The van der Waals surface area contributed by atoms with Gasteiger partial charge in [-0.1, -0.05) is 28.9 Å². The number of hydrogen-bond acceptors (Lipinski definition) is 4. The molecule has 112 valence electrons. The molecule has 2 aromatic rings. The van der Waals surface area contributed by atoms with Gasteiger partial charge in [-0.15, -0.1) is 0 Å². The number of nitrogens with zero attached hydrogens (tertiary/aromatic N) is 3. The van der Waals surface area contributed by atoms with Crippen molar-refractivity contribution in [2.75, 3.05) is 0 Å². The van der Waals surface area contributed by atoms with Gasteiger partial charge in [0.15, 0.2) is 5.75 Å². The number of alkyl halides is 1. The first-order chi connectivity index (χ1) is 10.0. The standard InChI is InChI=1S/C14H16BrN3O3/c1-3-11-7-12(17(2)16-11)9-21-14-5-4-10(8-15)6-13(14)18(19)20/h4-7H,3,8-9H2,1-2H3. The Bertz CT molecular complexity index is 655. The zero-order chi connectivity index (χ0) is 15.4. The van der Waals surface area contributed by atoms with Crippen molar-refractivity contribution in [3.05, 3.63) is 51.3 Å². The van der Waals surface area contributed by atoms with E-state index in [4.69, 9.17) is 4.74 Å². The molecule has 0 aliphatic carbocycles. The van der Waals surface area contributed by atoms with Crippen molar-refractivity contribution in [2.45, 2.75) is 25.3 Å². The molecule has 0 amide bonds. The van der Waals surface area contributed by atoms with E-state index in [2.05, 4.69) is 21.0 Å². The van der Waals surface area contributed by atoms with Crippen molar-refractivity contribution in [2.24, 2.45) is 7.05 Å². The Morgan fingerprint density at radius 2 is 2.19 bits per heavy atom. The molecule has 0 N–H and O–H groups in total. The van der Waals surface area contributed by atoms with E-state index in [-0.39, 0.29) is 18.0 Å². The fraction of sp³-hybridized carbons (Fsp3) is 0.357. The Hall–Kier alpha value is -1.89. The minimum absolute atomic E-state index is 0.0233. The summed E-state index contributed by atoms with van der Waals surface area (Å²) < 4.78 is 7.34. The van der Waals surface area contributed by atoms with Crippen LogP contribution in [0, 0.1) is 10.1 Å². The van der Waals surface area contributed by atoms with Crippen molar-refractivity contribution in [3.8, 4) is 5.75 Å². The zero-order valence-electron chi connectivity index (χ0n) is 11.9. The van der Waals surface area contributed by atoms with Crippen LogP contribution in [0.2, 0.25) is 0 Å². The molecule has 1 heterocycles. The highest BCUT2D eigenvalue weighted by Crippen LogP contribution is 2.29. The molecular weight excluding hydrogens is 338 g/mol. The number of halogens is 1. The van der Waals surface area contributed by atoms with Crippen LogP contribution >= 0.6 is 15.9 Å². The SMILES string of the molecule is CCc1cc(COc2ccc(CBr)cc2[N+](=O)[O-])n(C)n1. The Morgan fingerprint density at radius 3 is 2.76 bits per heavy atom. The molecule has 21 heavy (non-hydrogen) atoms. The Labute approximate surface area is 131 Å². The molecule has 0 saturated carbocycles. The van der Waals surface area contributed by atoms with Crippen LogP contribution in [0.25, 0.3) is 0 Å². The summed E-state index contributed by atoms with van der Waals surface area (Å²) in [7, 11) is 1.83. The second-order valence-corrected chi connectivity index (χ2v) is 5.15. The molecule has 0 unspecified atom stereocenters. The number of ether oxygens (including phenoxy) is 1. The van der Waals surface area contributed by atoms with E-state index in [0.717, 1.165) is 23.4 Å². The first kappa shape index (κ1) is 15.5. The van der Waals surface area contributed by atoms with Crippen LogP contribution in [-0.2, 0) is 25.4 Å². The molecule has 7 heteroatoms. The van der Waals surface area contributed by atoms with E-state index in [1.165, 1.54) is 6.07 Å². The van der Waals surface area contributed by atoms with E-state index < -0.39 is 4.92 Å². The summed E-state index contributed by atoms with van der Waals surface area (Å²) in [6.07, 6.45) is 0.841. The summed E-state index contributed by atoms with van der Waals surface area (Å²) in [4.78, 5) is 10.7. The van der Waals surface area contributed by atoms with Gasteiger partial charge < -0.3 is 4.74 Å². The van der Waals surface area contributed by atoms with Gasteiger partial charge in [0.1, 0.15) is 6.61 Å². The lowest BCUT2D eigenvalue weighted by atomic mass is 10.2. The minimum atomic E-state index is -0.428. The predicted molar refractivity (Wildman–Crippen MR) is 82.6 cm³/mol. The number of rotatable bonds is 6. The minimum Gasteiger partial charge on any atom is -0.480 e. The maximum atomic E-state index is 11.1. The van der Waals surface area contributed by atoms with Crippen molar-refractivity contribution in [1.29, 1.82) is 0 Å². The average Bonchev–Trinajstić information content (AvgIpc) is 2.85. The van der Waals surface area contributed by atoms with Gasteiger partial charge in [-0.3, -0.25) is 14.8 Å². The Morgan fingerprint density at radius 1 is 1.43 bits per heavy atom.